The molecule has 1 saturated heterocycles. The molecular weight excluding hydrogens is 226 g/mol. The molecule has 0 aromatic heterocycles. The third-order valence-electron chi connectivity index (χ3n) is 4.22. The standard InChI is InChI=1S/C14H29N3O/c1-4-12(10-15)9-14(18)17-8-7-13(11-17)16(5-2)6-3/h12-13H,4-11,15H2,1-3H3. The van der Waals surface area contributed by atoms with Gasteiger partial charge in [-0.2, -0.15) is 0 Å². The first-order chi connectivity index (χ1) is 8.65. The van der Waals surface area contributed by atoms with E-state index in [-0.39, 0.29) is 0 Å². The molecule has 0 aromatic rings. The molecule has 0 radical (unpaired) electrons. The summed E-state index contributed by atoms with van der Waals surface area (Å²) >= 11 is 0. The number of hydrogen-bond donors (Lipinski definition) is 1. The summed E-state index contributed by atoms with van der Waals surface area (Å²) in [6, 6.07) is 0.557. The lowest BCUT2D eigenvalue weighted by atomic mass is 10.0. The average Bonchev–Trinajstić information content (AvgIpc) is 2.87. The first-order valence-corrected chi connectivity index (χ1v) is 7.38. The number of carbonyl (C=O) groups excluding carboxylic acids is 1. The largest absolute Gasteiger partial charge is 0.341 e. The van der Waals surface area contributed by atoms with E-state index in [2.05, 4.69) is 25.7 Å². The quantitative estimate of drug-likeness (QED) is 0.746. The Balaban J connectivity index is 2.43. The lowest BCUT2D eigenvalue weighted by Crippen LogP contribution is -2.39. The summed E-state index contributed by atoms with van der Waals surface area (Å²) < 4.78 is 0. The maximum absolute atomic E-state index is 12.2. The predicted octanol–water partition coefficient (Wildman–Crippen LogP) is 1.30. The molecule has 1 fully saturated rings. The van der Waals surface area contributed by atoms with Crippen LogP contribution < -0.4 is 5.73 Å². The highest BCUT2D eigenvalue weighted by atomic mass is 16.2. The van der Waals surface area contributed by atoms with Gasteiger partial charge in [0, 0.05) is 25.6 Å². The van der Waals surface area contributed by atoms with Gasteiger partial charge in [-0.1, -0.05) is 27.2 Å². The molecule has 18 heavy (non-hydrogen) atoms. The second-order valence-electron chi connectivity index (χ2n) is 5.22. The molecule has 1 rings (SSSR count). The van der Waals surface area contributed by atoms with E-state index in [1.54, 1.807) is 0 Å². The van der Waals surface area contributed by atoms with E-state index in [9.17, 15) is 4.79 Å². The number of amides is 1. The number of rotatable bonds is 7. The van der Waals surface area contributed by atoms with Crippen LogP contribution >= 0.6 is 0 Å². The van der Waals surface area contributed by atoms with Crippen LogP contribution in [0, 0.1) is 5.92 Å². The number of hydrogen-bond acceptors (Lipinski definition) is 3. The maximum Gasteiger partial charge on any atom is 0.222 e. The van der Waals surface area contributed by atoms with Crippen LogP contribution in [-0.4, -0.2) is 54.5 Å². The Morgan fingerprint density at radius 1 is 1.39 bits per heavy atom. The summed E-state index contributed by atoms with van der Waals surface area (Å²) in [6.07, 6.45) is 2.74. The van der Waals surface area contributed by atoms with Crippen LogP contribution in [0.25, 0.3) is 0 Å². The molecule has 0 bridgehead atoms. The van der Waals surface area contributed by atoms with Gasteiger partial charge in [-0.05, 0) is 32.0 Å². The van der Waals surface area contributed by atoms with Crippen molar-refractivity contribution in [2.45, 2.75) is 46.1 Å². The average molecular weight is 255 g/mol. The van der Waals surface area contributed by atoms with Crippen molar-refractivity contribution in [3.05, 3.63) is 0 Å². The minimum Gasteiger partial charge on any atom is -0.341 e. The topological polar surface area (TPSA) is 49.6 Å². The van der Waals surface area contributed by atoms with Gasteiger partial charge in [-0.3, -0.25) is 9.69 Å². The lowest BCUT2D eigenvalue weighted by molar-refractivity contribution is -0.131. The Bertz CT molecular complexity index is 249. The van der Waals surface area contributed by atoms with E-state index in [0.717, 1.165) is 39.0 Å². The molecular formula is C14H29N3O. The molecule has 1 amide bonds. The third kappa shape index (κ3) is 3.95. The molecule has 2 N–H and O–H groups in total. The molecule has 0 saturated carbocycles. The predicted molar refractivity (Wildman–Crippen MR) is 75.4 cm³/mol. The Morgan fingerprint density at radius 2 is 2.06 bits per heavy atom. The Labute approximate surface area is 111 Å². The van der Waals surface area contributed by atoms with Gasteiger partial charge in [0.05, 0.1) is 0 Å². The van der Waals surface area contributed by atoms with Crippen molar-refractivity contribution >= 4 is 5.91 Å². The van der Waals surface area contributed by atoms with Crippen LogP contribution in [-0.2, 0) is 4.79 Å². The summed E-state index contributed by atoms with van der Waals surface area (Å²) in [5.74, 6) is 0.645. The molecule has 2 unspecified atom stereocenters. The van der Waals surface area contributed by atoms with Gasteiger partial charge in [-0.25, -0.2) is 0 Å². The molecule has 0 aliphatic carbocycles. The Hall–Kier alpha value is -0.610. The van der Waals surface area contributed by atoms with E-state index in [0.29, 0.717) is 30.8 Å². The minimum absolute atomic E-state index is 0.293. The van der Waals surface area contributed by atoms with Crippen LogP contribution in [0.1, 0.15) is 40.0 Å². The second kappa shape index (κ2) is 7.74. The summed E-state index contributed by atoms with van der Waals surface area (Å²) in [5.41, 5.74) is 5.67. The smallest absolute Gasteiger partial charge is 0.222 e. The van der Waals surface area contributed by atoms with Gasteiger partial charge in [-0.15, -0.1) is 0 Å². The molecule has 1 heterocycles. The SMILES string of the molecule is CCC(CN)CC(=O)N1CCC(N(CC)CC)C1. The van der Waals surface area contributed by atoms with Crippen molar-refractivity contribution in [2.24, 2.45) is 11.7 Å². The first-order valence-electron chi connectivity index (χ1n) is 7.38. The Morgan fingerprint density at radius 3 is 2.56 bits per heavy atom. The lowest BCUT2D eigenvalue weighted by Gasteiger charge is -2.26. The highest BCUT2D eigenvalue weighted by molar-refractivity contribution is 5.76. The molecule has 2 atom stereocenters. The minimum atomic E-state index is 0.293. The van der Waals surface area contributed by atoms with Crippen molar-refractivity contribution in [1.82, 2.24) is 9.80 Å². The number of nitrogens with zero attached hydrogens (tertiary/aromatic N) is 2. The molecule has 0 spiro atoms. The number of nitrogens with two attached hydrogens (primary N) is 1. The molecule has 0 aromatic carbocycles. The number of carbonyl (C=O) groups is 1. The van der Waals surface area contributed by atoms with Crippen molar-refractivity contribution < 1.29 is 4.79 Å². The highest BCUT2D eigenvalue weighted by Crippen LogP contribution is 2.18. The molecule has 4 nitrogen and oxygen atoms in total. The summed E-state index contributed by atoms with van der Waals surface area (Å²) in [6.45, 7) is 11.1. The van der Waals surface area contributed by atoms with E-state index in [4.69, 9.17) is 5.73 Å². The van der Waals surface area contributed by atoms with Crippen molar-refractivity contribution in [3.8, 4) is 0 Å². The van der Waals surface area contributed by atoms with Crippen LogP contribution in [0.5, 0.6) is 0 Å². The van der Waals surface area contributed by atoms with E-state index >= 15 is 0 Å². The van der Waals surface area contributed by atoms with Gasteiger partial charge >= 0.3 is 0 Å². The monoisotopic (exact) mass is 255 g/mol. The normalized spacial score (nSPS) is 21.6. The zero-order valence-corrected chi connectivity index (χ0v) is 12.2. The van der Waals surface area contributed by atoms with Crippen LogP contribution in [0.15, 0.2) is 0 Å². The summed E-state index contributed by atoms with van der Waals surface area (Å²) in [7, 11) is 0. The van der Waals surface area contributed by atoms with E-state index in [1.807, 2.05) is 4.90 Å². The highest BCUT2D eigenvalue weighted by Gasteiger charge is 2.29. The molecule has 1 aliphatic heterocycles. The van der Waals surface area contributed by atoms with E-state index in [1.165, 1.54) is 0 Å². The second-order valence-corrected chi connectivity index (χ2v) is 5.22. The van der Waals surface area contributed by atoms with Gasteiger partial charge in [0.2, 0.25) is 5.91 Å². The fourth-order valence-electron chi connectivity index (χ4n) is 2.78. The fourth-order valence-corrected chi connectivity index (χ4v) is 2.78. The molecule has 4 heteroatoms. The molecule has 106 valence electrons. The maximum atomic E-state index is 12.2. The van der Waals surface area contributed by atoms with Crippen LogP contribution in [0.4, 0.5) is 0 Å². The van der Waals surface area contributed by atoms with Gasteiger partial charge in [0.15, 0.2) is 0 Å². The number of likely N-dealkylation sites (tertiary alicyclic amines) is 1. The van der Waals surface area contributed by atoms with E-state index < -0.39 is 0 Å². The van der Waals surface area contributed by atoms with Gasteiger partial charge < -0.3 is 10.6 Å². The summed E-state index contributed by atoms with van der Waals surface area (Å²) in [4.78, 5) is 16.7. The van der Waals surface area contributed by atoms with Crippen molar-refractivity contribution in [2.75, 3.05) is 32.7 Å². The zero-order valence-electron chi connectivity index (χ0n) is 12.2. The fraction of sp³-hybridized carbons (Fsp3) is 0.929. The third-order valence-corrected chi connectivity index (χ3v) is 4.22. The van der Waals surface area contributed by atoms with Gasteiger partial charge in [0.25, 0.3) is 0 Å². The van der Waals surface area contributed by atoms with Crippen LogP contribution in [0.2, 0.25) is 0 Å². The Kier molecular flexibility index (Phi) is 6.65. The first kappa shape index (κ1) is 15.4. The molecule has 1 aliphatic rings. The summed E-state index contributed by atoms with van der Waals surface area (Å²) in [5, 5.41) is 0. The van der Waals surface area contributed by atoms with Crippen molar-refractivity contribution in [3.63, 3.8) is 0 Å². The zero-order chi connectivity index (χ0) is 13.5. The van der Waals surface area contributed by atoms with Crippen LogP contribution in [0.3, 0.4) is 0 Å². The number of likely N-dealkylation sites (N-methyl/N-ethyl adjacent to an activating group) is 1. The van der Waals surface area contributed by atoms with Crippen molar-refractivity contribution in [1.29, 1.82) is 0 Å². The van der Waals surface area contributed by atoms with Gasteiger partial charge in [0.1, 0.15) is 0 Å².